The van der Waals surface area contributed by atoms with Crippen molar-refractivity contribution in [3.8, 4) is 0 Å². The number of amides is 1. The van der Waals surface area contributed by atoms with E-state index in [4.69, 9.17) is 5.73 Å². The SMILES string of the molecule is Cc1cccc2c(CC(N)=O)c(C)n(C)c12. The summed E-state index contributed by atoms with van der Waals surface area (Å²) in [6, 6.07) is 6.14. The van der Waals surface area contributed by atoms with E-state index in [2.05, 4.69) is 17.6 Å². The molecule has 2 aromatic rings. The van der Waals surface area contributed by atoms with Gasteiger partial charge in [-0.1, -0.05) is 18.2 Å². The van der Waals surface area contributed by atoms with Gasteiger partial charge in [-0.05, 0) is 25.0 Å². The number of aromatic nitrogens is 1. The molecule has 0 aliphatic heterocycles. The molecule has 16 heavy (non-hydrogen) atoms. The second kappa shape index (κ2) is 3.67. The summed E-state index contributed by atoms with van der Waals surface area (Å²) in [6.45, 7) is 4.10. The van der Waals surface area contributed by atoms with Gasteiger partial charge in [-0.3, -0.25) is 4.79 Å². The van der Waals surface area contributed by atoms with E-state index in [1.807, 2.05) is 26.1 Å². The normalized spacial score (nSPS) is 10.9. The van der Waals surface area contributed by atoms with E-state index in [-0.39, 0.29) is 5.91 Å². The minimum Gasteiger partial charge on any atom is -0.369 e. The minimum atomic E-state index is -0.280. The lowest BCUT2D eigenvalue weighted by molar-refractivity contribution is -0.117. The third kappa shape index (κ3) is 1.48. The molecule has 0 aliphatic rings. The van der Waals surface area contributed by atoms with Crippen LogP contribution in [-0.4, -0.2) is 10.5 Å². The van der Waals surface area contributed by atoms with Crippen molar-refractivity contribution in [1.29, 1.82) is 0 Å². The van der Waals surface area contributed by atoms with Gasteiger partial charge in [-0.15, -0.1) is 0 Å². The van der Waals surface area contributed by atoms with Crippen LogP contribution in [0.5, 0.6) is 0 Å². The van der Waals surface area contributed by atoms with E-state index in [0.717, 1.165) is 16.6 Å². The minimum absolute atomic E-state index is 0.280. The van der Waals surface area contributed by atoms with Crippen LogP contribution in [0.3, 0.4) is 0 Å². The molecule has 0 bridgehead atoms. The number of rotatable bonds is 2. The molecule has 84 valence electrons. The molecule has 3 heteroatoms. The molecule has 0 saturated carbocycles. The maximum absolute atomic E-state index is 11.1. The second-order valence-electron chi connectivity index (χ2n) is 4.24. The van der Waals surface area contributed by atoms with E-state index >= 15 is 0 Å². The van der Waals surface area contributed by atoms with E-state index < -0.39 is 0 Å². The average Bonchev–Trinajstić information content (AvgIpc) is 2.44. The van der Waals surface area contributed by atoms with Gasteiger partial charge < -0.3 is 10.3 Å². The molecule has 1 aromatic carbocycles. The Labute approximate surface area is 94.9 Å². The molecule has 3 nitrogen and oxygen atoms in total. The molecular weight excluding hydrogens is 200 g/mol. The van der Waals surface area contributed by atoms with Gasteiger partial charge >= 0.3 is 0 Å². The van der Waals surface area contributed by atoms with Gasteiger partial charge in [0.1, 0.15) is 0 Å². The van der Waals surface area contributed by atoms with Gasteiger partial charge in [-0.2, -0.15) is 0 Å². The molecule has 0 aliphatic carbocycles. The van der Waals surface area contributed by atoms with Crippen molar-refractivity contribution in [2.45, 2.75) is 20.3 Å². The van der Waals surface area contributed by atoms with Crippen LogP contribution in [0.4, 0.5) is 0 Å². The maximum atomic E-state index is 11.1. The molecule has 1 amide bonds. The number of aryl methyl sites for hydroxylation is 2. The van der Waals surface area contributed by atoms with Gasteiger partial charge in [0.05, 0.1) is 11.9 Å². The number of nitrogens with two attached hydrogens (primary N) is 1. The number of fused-ring (bicyclic) bond motifs is 1. The predicted octanol–water partition coefficient (Wildman–Crippen LogP) is 1.82. The number of para-hydroxylation sites is 1. The van der Waals surface area contributed by atoms with Gasteiger partial charge in [0.25, 0.3) is 0 Å². The van der Waals surface area contributed by atoms with Gasteiger partial charge in [0.15, 0.2) is 0 Å². The molecule has 0 spiro atoms. The Morgan fingerprint density at radius 3 is 2.69 bits per heavy atom. The van der Waals surface area contributed by atoms with Gasteiger partial charge in [-0.25, -0.2) is 0 Å². The first kappa shape index (κ1) is 10.7. The number of primary amides is 1. The highest BCUT2D eigenvalue weighted by Crippen LogP contribution is 2.27. The Balaban J connectivity index is 2.79. The van der Waals surface area contributed by atoms with Crippen molar-refractivity contribution in [1.82, 2.24) is 4.57 Å². The number of carbonyl (C=O) groups excluding carboxylic acids is 1. The Hall–Kier alpha value is -1.77. The van der Waals surface area contributed by atoms with Crippen LogP contribution >= 0.6 is 0 Å². The summed E-state index contributed by atoms with van der Waals surface area (Å²) in [5.41, 5.74) is 9.86. The molecule has 0 radical (unpaired) electrons. The summed E-state index contributed by atoms with van der Waals surface area (Å²) in [5.74, 6) is -0.280. The first-order valence-corrected chi connectivity index (χ1v) is 5.34. The van der Waals surface area contributed by atoms with Crippen LogP contribution in [0.15, 0.2) is 18.2 Å². The molecule has 0 fully saturated rings. The lowest BCUT2D eigenvalue weighted by atomic mass is 10.1. The fraction of sp³-hybridized carbons (Fsp3) is 0.308. The lowest BCUT2D eigenvalue weighted by Crippen LogP contribution is -2.14. The average molecular weight is 216 g/mol. The van der Waals surface area contributed by atoms with Crippen LogP contribution < -0.4 is 5.73 Å². The summed E-state index contributed by atoms with van der Waals surface area (Å²) in [5, 5.41) is 1.14. The fourth-order valence-electron chi connectivity index (χ4n) is 2.31. The zero-order chi connectivity index (χ0) is 11.9. The molecule has 0 unspecified atom stereocenters. The third-order valence-corrected chi connectivity index (χ3v) is 3.19. The molecular formula is C13H16N2O. The van der Waals surface area contributed by atoms with Crippen molar-refractivity contribution in [3.63, 3.8) is 0 Å². The molecule has 2 N–H and O–H groups in total. The van der Waals surface area contributed by atoms with Gasteiger partial charge in [0, 0.05) is 18.1 Å². The highest BCUT2D eigenvalue weighted by molar-refractivity contribution is 5.91. The Kier molecular flexibility index (Phi) is 2.46. The first-order valence-electron chi connectivity index (χ1n) is 5.34. The quantitative estimate of drug-likeness (QED) is 0.817. The maximum Gasteiger partial charge on any atom is 0.221 e. The summed E-state index contributed by atoms with van der Waals surface area (Å²) >= 11 is 0. The number of hydrogen-bond donors (Lipinski definition) is 1. The van der Waals surface area contributed by atoms with Crippen molar-refractivity contribution in [2.75, 3.05) is 0 Å². The van der Waals surface area contributed by atoms with Crippen LogP contribution in [0.1, 0.15) is 16.8 Å². The second-order valence-corrected chi connectivity index (χ2v) is 4.24. The molecule has 1 aromatic heterocycles. The summed E-state index contributed by atoms with van der Waals surface area (Å²) in [6.07, 6.45) is 0.312. The standard InChI is InChI=1S/C13H16N2O/c1-8-5-4-6-10-11(7-12(14)16)9(2)15(3)13(8)10/h4-6H,7H2,1-3H3,(H2,14,16). The number of benzene rings is 1. The molecule has 1 heterocycles. The molecule has 0 atom stereocenters. The highest BCUT2D eigenvalue weighted by atomic mass is 16.1. The lowest BCUT2D eigenvalue weighted by Gasteiger charge is -2.01. The summed E-state index contributed by atoms with van der Waals surface area (Å²) in [4.78, 5) is 11.1. The Morgan fingerprint density at radius 1 is 1.38 bits per heavy atom. The van der Waals surface area contributed by atoms with Crippen molar-refractivity contribution in [2.24, 2.45) is 12.8 Å². The molecule has 2 rings (SSSR count). The van der Waals surface area contributed by atoms with Crippen LogP contribution in [0.25, 0.3) is 10.9 Å². The number of nitrogens with zero attached hydrogens (tertiary/aromatic N) is 1. The van der Waals surface area contributed by atoms with E-state index in [1.165, 1.54) is 11.1 Å². The topological polar surface area (TPSA) is 48.0 Å². The van der Waals surface area contributed by atoms with E-state index in [1.54, 1.807) is 0 Å². The third-order valence-electron chi connectivity index (χ3n) is 3.19. The van der Waals surface area contributed by atoms with Crippen molar-refractivity contribution >= 4 is 16.8 Å². The monoisotopic (exact) mass is 216 g/mol. The Morgan fingerprint density at radius 2 is 2.06 bits per heavy atom. The first-order chi connectivity index (χ1) is 7.52. The highest BCUT2D eigenvalue weighted by Gasteiger charge is 2.14. The Bertz CT molecular complexity index is 567. The number of carbonyl (C=O) groups is 1. The zero-order valence-corrected chi connectivity index (χ0v) is 9.87. The fourth-order valence-corrected chi connectivity index (χ4v) is 2.31. The molecule has 0 saturated heterocycles. The van der Waals surface area contributed by atoms with Crippen molar-refractivity contribution in [3.05, 3.63) is 35.0 Å². The smallest absolute Gasteiger partial charge is 0.221 e. The largest absolute Gasteiger partial charge is 0.369 e. The number of hydrogen-bond acceptors (Lipinski definition) is 1. The zero-order valence-electron chi connectivity index (χ0n) is 9.87. The summed E-state index contributed by atoms with van der Waals surface area (Å²) < 4.78 is 2.13. The van der Waals surface area contributed by atoms with Gasteiger partial charge in [0.2, 0.25) is 5.91 Å². The van der Waals surface area contributed by atoms with Crippen LogP contribution in [0, 0.1) is 13.8 Å². The predicted molar refractivity (Wildman–Crippen MR) is 65.3 cm³/mol. The van der Waals surface area contributed by atoms with Crippen molar-refractivity contribution < 1.29 is 4.79 Å². The van der Waals surface area contributed by atoms with Crippen LogP contribution in [-0.2, 0) is 18.3 Å². The van der Waals surface area contributed by atoms with E-state index in [9.17, 15) is 4.79 Å². The summed E-state index contributed by atoms with van der Waals surface area (Å²) in [7, 11) is 2.02. The van der Waals surface area contributed by atoms with Crippen LogP contribution in [0.2, 0.25) is 0 Å². The van der Waals surface area contributed by atoms with E-state index in [0.29, 0.717) is 6.42 Å².